The molecule has 0 saturated heterocycles. The largest absolute Gasteiger partial charge is 0.481 e. The molecule has 4 fully saturated rings. The van der Waals surface area contributed by atoms with Crippen LogP contribution in [0.5, 0.6) is 0 Å². The van der Waals surface area contributed by atoms with Crippen LogP contribution in [0, 0.1) is 56.7 Å². The number of aliphatic hydroxyl groups is 1. The van der Waals surface area contributed by atoms with Gasteiger partial charge < -0.3 is 14.9 Å². The topological polar surface area (TPSA) is 83.8 Å². The number of carbonyl (C=O) groups excluding carboxylic acids is 1. The predicted molar refractivity (Wildman–Crippen MR) is 139 cm³/mol. The molecule has 5 aliphatic carbocycles. The van der Waals surface area contributed by atoms with Crippen LogP contribution in [-0.2, 0) is 14.3 Å². The third-order valence-electron chi connectivity index (χ3n) is 13.7. The SMILES string of the molecule is COC(=O)[C@]12CC[C@@H](C)[C@H](C)[C@H]1C1=CC[C@@H]3[C@@]4(C)CC[C@@H](O)[C@@](C)(C(=O)O)[C@@H]4CC[C@@]3(C)[C@]1(C)CC2. The number of fused-ring (bicyclic) bond motifs is 7. The monoisotopic (exact) mass is 500 g/mol. The van der Waals surface area contributed by atoms with E-state index < -0.39 is 22.9 Å². The van der Waals surface area contributed by atoms with Crippen LogP contribution in [0.2, 0.25) is 0 Å². The summed E-state index contributed by atoms with van der Waals surface area (Å²) in [6.07, 6.45) is 9.75. The van der Waals surface area contributed by atoms with E-state index in [0.717, 1.165) is 51.4 Å². The van der Waals surface area contributed by atoms with E-state index in [2.05, 4.69) is 40.7 Å². The van der Waals surface area contributed by atoms with Crippen molar-refractivity contribution >= 4 is 11.9 Å². The zero-order valence-electron chi connectivity index (χ0n) is 23.5. The van der Waals surface area contributed by atoms with Crippen LogP contribution in [0.15, 0.2) is 11.6 Å². The molecule has 0 bridgehead atoms. The molecule has 2 N–H and O–H groups in total. The summed E-state index contributed by atoms with van der Waals surface area (Å²) in [7, 11) is 1.55. The van der Waals surface area contributed by atoms with Crippen molar-refractivity contribution in [2.45, 2.75) is 105 Å². The molecule has 5 heteroatoms. The lowest BCUT2D eigenvalue weighted by atomic mass is 9.33. The van der Waals surface area contributed by atoms with Crippen LogP contribution in [0.3, 0.4) is 0 Å². The van der Waals surface area contributed by atoms with Crippen molar-refractivity contribution in [1.29, 1.82) is 0 Å². The van der Waals surface area contributed by atoms with Gasteiger partial charge in [0.15, 0.2) is 0 Å². The molecule has 5 aliphatic rings. The minimum atomic E-state index is -1.10. The van der Waals surface area contributed by atoms with E-state index >= 15 is 0 Å². The molecule has 202 valence electrons. The number of rotatable bonds is 2. The van der Waals surface area contributed by atoms with Gasteiger partial charge in [-0.15, -0.1) is 0 Å². The summed E-state index contributed by atoms with van der Waals surface area (Å²) >= 11 is 0. The number of aliphatic carboxylic acids is 1. The Morgan fingerprint density at radius 1 is 0.944 bits per heavy atom. The van der Waals surface area contributed by atoms with Crippen molar-refractivity contribution in [3.8, 4) is 0 Å². The second-order valence-electron chi connectivity index (χ2n) is 14.4. The van der Waals surface area contributed by atoms with Gasteiger partial charge >= 0.3 is 11.9 Å². The number of carbonyl (C=O) groups is 2. The first-order chi connectivity index (χ1) is 16.7. The van der Waals surface area contributed by atoms with Crippen molar-refractivity contribution in [3.05, 3.63) is 11.6 Å². The molecule has 0 radical (unpaired) electrons. The van der Waals surface area contributed by atoms with Gasteiger partial charge in [0.05, 0.1) is 24.0 Å². The highest BCUT2D eigenvalue weighted by atomic mass is 16.5. The van der Waals surface area contributed by atoms with E-state index in [1.807, 2.05) is 0 Å². The number of allylic oxidation sites excluding steroid dienone is 2. The number of esters is 1. The summed E-state index contributed by atoms with van der Waals surface area (Å²) in [4.78, 5) is 25.9. The van der Waals surface area contributed by atoms with E-state index in [0.29, 0.717) is 24.2 Å². The average molecular weight is 501 g/mol. The van der Waals surface area contributed by atoms with Crippen LogP contribution < -0.4 is 0 Å². The van der Waals surface area contributed by atoms with E-state index in [9.17, 15) is 19.8 Å². The second-order valence-corrected chi connectivity index (χ2v) is 14.4. The van der Waals surface area contributed by atoms with Gasteiger partial charge in [0.25, 0.3) is 0 Å². The predicted octanol–water partition coefficient (Wildman–Crippen LogP) is 6.24. The molecule has 0 aromatic carbocycles. The molecule has 36 heavy (non-hydrogen) atoms. The summed E-state index contributed by atoms with van der Waals surface area (Å²) in [5, 5.41) is 21.2. The van der Waals surface area contributed by atoms with Crippen LogP contribution in [0.25, 0.3) is 0 Å². The van der Waals surface area contributed by atoms with E-state index in [1.54, 1.807) is 14.0 Å². The number of hydrogen-bond donors (Lipinski definition) is 2. The average Bonchev–Trinajstić information content (AvgIpc) is 2.83. The van der Waals surface area contributed by atoms with E-state index in [1.165, 1.54) is 5.57 Å². The number of ether oxygens (including phenoxy) is 1. The van der Waals surface area contributed by atoms with Crippen molar-refractivity contribution in [2.75, 3.05) is 7.11 Å². The highest BCUT2D eigenvalue weighted by Crippen LogP contribution is 2.75. The molecular weight excluding hydrogens is 452 g/mol. The molecule has 0 aliphatic heterocycles. The van der Waals surface area contributed by atoms with Crippen LogP contribution in [0.4, 0.5) is 0 Å². The number of carboxylic acid groups (broad SMARTS) is 1. The van der Waals surface area contributed by atoms with Gasteiger partial charge in [-0.25, -0.2) is 0 Å². The van der Waals surface area contributed by atoms with Crippen molar-refractivity contribution in [3.63, 3.8) is 0 Å². The van der Waals surface area contributed by atoms with E-state index in [-0.39, 0.29) is 34.1 Å². The molecule has 0 spiro atoms. The minimum absolute atomic E-state index is 0.0179. The third kappa shape index (κ3) is 2.93. The van der Waals surface area contributed by atoms with Gasteiger partial charge in [0.2, 0.25) is 0 Å². The smallest absolute Gasteiger partial charge is 0.312 e. The summed E-state index contributed by atoms with van der Waals surface area (Å²) in [5.74, 6) is 0.684. The normalized spacial score (nSPS) is 54.2. The maximum atomic E-state index is 13.4. The third-order valence-corrected chi connectivity index (χ3v) is 13.7. The zero-order valence-corrected chi connectivity index (χ0v) is 23.5. The summed E-state index contributed by atoms with van der Waals surface area (Å²) in [6.45, 7) is 13.8. The molecule has 0 aromatic rings. The first-order valence-electron chi connectivity index (χ1n) is 14.4. The van der Waals surface area contributed by atoms with Gasteiger partial charge in [-0.05, 0) is 111 Å². The quantitative estimate of drug-likeness (QED) is 0.346. The molecule has 4 saturated carbocycles. The van der Waals surface area contributed by atoms with Gasteiger partial charge in [0, 0.05) is 0 Å². The van der Waals surface area contributed by atoms with Crippen LogP contribution >= 0.6 is 0 Å². The molecule has 5 nitrogen and oxygen atoms in total. The maximum Gasteiger partial charge on any atom is 0.312 e. The van der Waals surface area contributed by atoms with Crippen molar-refractivity contribution in [1.82, 2.24) is 0 Å². The lowest BCUT2D eigenvalue weighted by molar-refractivity contribution is -0.218. The lowest BCUT2D eigenvalue weighted by Gasteiger charge is -2.71. The Kier molecular flexibility index (Phi) is 5.89. The fraction of sp³-hybridized carbons (Fsp3) is 0.871. The van der Waals surface area contributed by atoms with Gasteiger partial charge in [-0.3, -0.25) is 9.59 Å². The highest BCUT2D eigenvalue weighted by molar-refractivity contribution is 5.79. The minimum Gasteiger partial charge on any atom is -0.481 e. The zero-order chi connectivity index (χ0) is 26.5. The maximum absolute atomic E-state index is 13.4. The summed E-state index contributed by atoms with van der Waals surface area (Å²) in [6, 6.07) is 0. The fourth-order valence-electron chi connectivity index (χ4n) is 11.0. The Balaban J connectivity index is 1.62. The lowest BCUT2D eigenvalue weighted by Crippen LogP contribution is -2.66. The molecule has 11 atom stereocenters. The Morgan fingerprint density at radius 3 is 2.28 bits per heavy atom. The Bertz CT molecular complexity index is 987. The van der Waals surface area contributed by atoms with Gasteiger partial charge in [0.1, 0.15) is 0 Å². The number of hydrogen-bond acceptors (Lipinski definition) is 4. The molecule has 0 heterocycles. The van der Waals surface area contributed by atoms with E-state index in [4.69, 9.17) is 4.74 Å². The second kappa shape index (κ2) is 8.07. The van der Waals surface area contributed by atoms with Crippen LogP contribution in [-0.4, -0.2) is 35.4 Å². The Hall–Kier alpha value is -1.36. The number of aliphatic hydroxyl groups excluding tert-OH is 1. The van der Waals surface area contributed by atoms with Gasteiger partial charge in [-0.2, -0.15) is 0 Å². The van der Waals surface area contributed by atoms with Crippen molar-refractivity contribution in [2.24, 2.45) is 56.7 Å². The van der Waals surface area contributed by atoms with Crippen molar-refractivity contribution < 1.29 is 24.5 Å². The Labute approximate surface area is 217 Å². The fourth-order valence-corrected chi connectivity index (χ4v) is 11.0. The first-order valence-corrected chi connectivity index (χ1v) is 14.4. The molecular formula is C31H48O5. The molecule has 0 amide bonds. The summed E-state index contributed by atoms with van der Waals surface area (Å²) < 4.78 is 5.47. The molecule has 0 unspecified atom stereocenters. The standard InChI is InChI=1S/C31H48O5/c1-18-10-15-31(26(35)36-7)17-16-28(4)20(24(31)19(18)2)8-9-21-27(3)13-12-23(32)30(6,25(33)34)22(27)11-14-29(21,28)5/h8,18-19,21-24,32H,9-17H2,1-7H3,(H,33,34)/t18-,19+,21-,22-,23-,24+,27-,28-,29-,30+,31+/m1/s1. The van der Waals surface area contributed by atoms with Crippen LogP contribution in [0.1, 0.15) is 99.3 Å². The Morgan fingerprint density at radius 2 is 1.64 bits per heavy atom. The number of methoxy groups -OCH3 is 1. The highest BCUT2D eigenvalue weighted by Gasteiger charge is 2.71. The molecule has 0 aromatic heterocycles. The number of carboxylic acids is 1. The first kappa shape index (κ1) is 26.3. The molecule has 5 rings (SSSR count). The summed E-state index contributed by atoms with van der Waals surface area (Å²) in [5.41, 5.74) is -0.130. The van der Waals surface area contributed by atoms with Gasteiger partial charge in [-0.1, -0.05) is 46.3 Å².